The maximum absolute atomic E-state index is 12.6. The van der Waals surface area contributed by atoms with Gasteiger partial charge in [0.05, 0.1) is 25.7 Å². The molecular weight excluding hydrogens is 446 g/mol. The number of benzene rings is 2. The average Bonchev–Trinajstić information content (AvgIpc) is 2.81. The SMILES string of the molecule is CCOC(=O)[C@H](CCOCCO)C[C@@H](Cc1ccc(-c2ccccc2)cc1)NC(=O)OC(C)(C)C. The van der Waals surface area contributed by atoms with Crippen LogP contribution in [0.1, 0.15) is 46.1 Å². The Kier molecular flexibility index (Phi) is 11.7. The zero-order chi connectivity index (χ0) is 25.7. The van der Waals surface area contributed by atoms with Crippen LogP contribution < -0.4 is 5.32 Å². The summed E-state index contributed by atoms with van der Waals surface area (Å²) in [4.78, 5) is 25.2. The van der Waals surface area contributed by atoms with E-state index in [4.69, 9.17) is 19.3 Å². The normalized spacial score (nSPS) is 13.1. The molecule has 0 heterocycles. The van der Waals surface area contributed by atoms with Gasteiger partial charge in [0, 0.05) is 12.6 Å². The molecule has 0 aliphatic rings. The van der Waals surface area contributed by atoms with Gasteiger partial charge in [0.1, 0.15) is 5.60 Å². The van der Waals surface area contributed by atoms with Crippen LogP contribution in [0.15, 0.2) is 54.6 Å². The van der Waals surface area contributed by atoms with Crippen LogP contribution in [0.2, 0.25) is 0 Å². The molecule has 1 amide bonds. The third kappa shape index (κ3) is 10.9. The van der Waals surface area contributed by atoms with E-state index in [1.165, 1.54) is 0 Å². The Hall–Kier alpha value is -2.90. The van der Waals surface area contributed by atoms with E-state index in [0.29, 0.717) is 25.9 Å². The molecule has 0 saturated heterocycles. The van der Waals surface area contributed by atoms with Crippen LogP contribution in [-0.2, 0) is 25.4 Å². The van der Waals surface area contributed by atoms with Gasteiger partial charge >= 0.3 is 12.1 Å². The second kappa shape index (κ2) is 14.5. The van der Waals surface area contributed by atoms with Crippen molar-refractivity contribution in [3.05, 3.63) is 60.2 Å². The Morgan fingerprint density at radius 3 is 2.23 bits per heavy atom. The molecule has 0 fully saturated rings. The molecule has 2 rings (SSSR count). The average molecular weight is 486 g/mol. The lowest BCUT2D eigenvalue weighted by atomic mass is 9.92. The molecule has 0 aromatic heterocycles. The number of hydrogen-bond acceptors (Lipinski definition) is 6. The molecular formula is C28H39NO6. The van der Waals surface area contributed by atoms with Gasteiger partial charge in [-0.1, -0.05) is 54.6 Å². The largest absolute Gasteiger partial charge is 0.466 e. The van der Waals surface area contributed by atoms with Crippen LogP contribution >= 0.6 is 0 Å². The summed E-state index contributed by atoms with van der Waals surface area (Å²) >= 11 is 0. The van der Waals surface area contributed by atoms with E-state index < -0.39 is 17.6 Å². The summed E-state index contributed by atoms with van der Waals surface area (Å²) in [5.41, 5.74) is 2.64. The van der Waals surface area contributed by atoms with E-state index in [1.54, 1.807) is 6.92 Å². The third-order valence-electron chi connectivity index (χ3n) is 5.30. The maximum atomic E-state index is 12.6. The van der Waals surface area contributed by atoms with E-state index in [-0.39, 0.29) is 31.8 Å². The molecule has 0 bridgehead atoms. The Morgan fingerprint density at radius 1 is 0.971 bits per heavy atom. The van der Waals surface area contributed by atoms with Crippen LogP contribution in [0.25, 0.3) is 11.1 Å². The predicted octanol–water partition coefficient (Wildman–Crippen LogP) is 4.76. The molecule has 35 heavy (non-hydrogen) atoms. The van der Waals surface area contributed by atoms with Crippen molar-refractivity contribution in [3.63, 3.8) is 0 Å². The van der Waals surface area contributed by atoms with Crippen molar-refractivity contribution in [3.8, 4) is 11.1 Å². The summed E-state index contributed by atoms with van der Waals surface area (Å²) in [6, 6.07) is 18.0. The van der Waals surface area contributed by atoms with E-state index in [1.807, 2.05) is 51.1 Å². The summed E-state index contributed by atoms with van der Waals surface area (Å²) in [6.07, 6.45) is 0.809. The summed E-state index contributed by atoms with van der Waals surface area (Å²) in [6.45, 7) is 7.92. The lowest BCUT2D eigenvalue weighted by Gasteiger charge is -2.26. The topological polar surface area (TPSA) is 94.1 Å². The molecule has 2 N–H and O–H groups in total. The standard InChI is InChI=1S/C28H39NO6/c1-5-34-26(31)24(15-17-33-18-16-30)20-25(29-27(32)35-28(2,3)4)19-21-11-13-23(14-12-21)22-9-7-6-8-10-22/h6-14,24-25,30H,5,15-20H2,1-4H3,(H,29,32)/t24-,25-/m1/s1. The van der Waals surface area contributed by atoms with Crippen molar-refractivity contribution in [2.75, 3.05) is 26.4 Å². The molecule has 0 aliphatic carbocycles. The minimum atomic E-state index is -0.634. The van der Waals surface area contributed by atoms with Gasteiger partial charge < -0.3 is 24.6 Å². The lowest BCUT2D eigenvalue weighted by Crippen LogP contribution is -2.42. The van der Waals surface area contributed by atoms with Crippen molar-refractivity contribution >= 4 is 12.1 Å². The minimum absolute atomic E-state index is 0.0775. The summed E-state index contributed by atoms with van der Waals surface area (Å²) in [5.74, 6) is -0.785. The minimum Gasteiger partial charge on any atom is -0.466 e. The summed E-state index contributed by atoms with van der Waals surface area (Å²) < 4.78 is 16.1. The summed E-state index contributed by atoms with van der Waals surface area (Å²) in [5, 5.41) is 11.9. The van der Waals surface area contributed by atoms with Crippen molar-refractivity contribution < 1.29 is 28.9 Å². The fourth-order valence-corrected chi connectivity index (χ4v) is 3.74. The molecule has 192 valence electrons. The molecule has 0 unspecified atom stereocenters. The molecule has 2 aromatic carbocycles. The number of rotatable bonds is 13. The first-order chi connectivity index (χ1) is 16.7. The Morgan fingerprint density at radius 2 is 1.63 bits per heavy atom. The van der Waals surface area contributed by atoms with Gasteiger partial charge in [0.2, 0.25) is 0 Å². The lowest BCUT2D eigenvalue weighted by molar-refractivity contribution is -0.149. The number of nitrogens with one attached hydrogen (secondary N) is 1. The monoisotopic (exact) mass is 485 g/mol. The first kappa shape index (κ1) is 28.3. The quantitative estimate of drug-likeness (QED) is 0.314. The van der Waals surface area contributed by atoms with Gasteiger partial charge in [-0.2, -0.15) is 0 Å². The number of ether oxygens (including phenoxy) is 3. The zero-order valence-corrected chi connectivity index (χ0v) is 21.3. The Labute approximate surface area is 208 Å². The van der Waals surface area contributed by atoms with Crippen LogP contribution in [-0.4, -0.2) is 55.2 Å². The van der Waals surface area contributed by atoms with Crippen LogP contribution in [0.5, 0.6) is 0 Å². The number of carbonyl (C=O) groups is 2. The molecule has 0 radical (unpaired) electrons. The van der Waals surface area contributed by atoms with Crippen molar-refractivity contribution in [1.82, 2.24) is 5.32 Å². The predicted molar refractivity (Wildman–Crippen MR) is 136 cm³/mol. The second-order valence-corrected chi connectivity index (χ2v) is 9.42. The van der Waals surface area contributed by atoms with E-state index in [0.717, 1.165) is 16.7 Å². The van der Waals surface area contributed by atoms with Gasteiger partial charge in [0.25, 0.3) is 0 Å². The number of carbonyl (C=O) groups excluding carboxylic acids is 2. The number of amides is 1. The zero-order valence-electron chi connectivity index (χ0n) is 21.3. The second-order valence-electron chi connectivity index (χ2n) is 9.42. The molecule has 0 spiro atoms. The number of aliphatic hydroxyl groups is 1. The highest BCUT2D eigenvalue weighted by molar-refractivity contribution is 5.73. The number of aliphatic hydroxyl groups excluding tert-OH is 1. The van der Waals surface area contributed by atoms with E-state index in [9.17, 15) is 9.59 Å². The Bertz CT molecular complexity index is 892. The first-order valence-electron chi connectivity index (χ1n) is 12.2. The van der Waals surface area contributed by atoms with Crippen molar-refractivity contribution in [2.24, 2.45) is 5.92 Å². The van der Waals surface area contributed by atoms with Crippen molar-refractivity contribution in [2.45, 2.75) is 58.6 Å². The van der Waals surface area contributed by atoms with Gasteiger partial charge in [-0.05, 0) is 63.6 Å². The molecule has 0 aliphatic heterocycles. The number of alkyl carbamates (subject to hydrolysis) is 1. The highest BCUT2D eigenvalue weighted by Crippen LogP contribution is 2.22. The third-order valence-corrected chi connectivity index (χ3v) is 5.30. The molecule has 7 nitrogen and oxygen atoms in total. The molecule has 2 atom stereocenters. The van der Waals surface area contributed by atoms with Gasteiger partial charge in [-0.3, -0.25) is 4.79 Å². The van der Waals surface area contributed by atoms with E-state index in [2.05, 4.69) is 29.6 Å². The fourth-order valence-electron chi connectivity index (χ4n) is 3.74. The first-order valence-corrected chi connectivity index (χ1v) is 12.2. The Balaban J connectivity index is 2.17. The summed E-state index contributed by atoms with van der Waals surface area (Å²) in [7, 11) is 0. The van der Waals surface area contributed by atoms with E-state index >= 15 is 0 Å². The van der Waals surface area contributed by atoms with Crippen LogP contribution in [0, 0.1) is 5.92 Å². The van der Waals surface area contributed by atoms with Crippen LogP contribution in [0.4, 0.5) is 4.79 Å². The van der Waals surface area contributed by atoms with Crippen molar-refractivity contribution in [1.29, 1.82) is 0 Å². The number of hydrogen-bond donors (Lipinski definition) is 2. The number of esters is 1. The highest BCUT2D eigenvalue weighted by Gasteiger charge is 2.27. The van der Waals surface area contributed by atoms with Gasteiger partial charge in [-0.25, -0.2) is 4.79 Å². The fraction of sp³-hybridized carbons (Fsp3) is 0.500. The maximum Gasteiger partial charge on any atom is 0.407 e. The highest BCUT2D eigenvalue weighted by atomic mass is 16.6. The van der Waals surface area contributed by atoms with Crippen LogP contribution in [0.3, 0.4) is 0 Å². The smallest absolute Gasteiger partial charge is 0.407 e. The van der Waals surface area contributed by atoms with Gasteiger partial charge in [0.15, 0.2) is 0 Å². The molecule has 2 aromatic rings. The molecule has 0 saturated carbocycles. The molecule has 7 heteroatoms. The van der Waals surface area contributed by atoms with Gasteiger partial charge in [-0.15, -0.1) is 0 Å².